The van der Waals surface area contributed by atoms with Crippen molar-refractivity contribution in [3.05, 3.63) is 83.9 Å². The molecule has 0 unspecified atom stereocenters. The molecule has 1 amide bonds. The zero-order chi connectivity index (χ0) is 20.0. The monoisotopic (exact) mass is 373 g/mol. The molecule has 3 nitrogen and oxygen atoms in total. The van der Waals surface area contributed by atoms with Crippen LogP contribution < -0.4 is 10.1 Å². The van der Waals surface area contributed by atoms with E-state index in [-0.39, 0.29) is 11.3 Å². The van der Waals surface area contributed by atoms with Crippen molar-refractivity contribution in [1.82, 2.24) is 5.32 Å². The van der Waals surface area contributed by atoms with Crippen molar-refractivity contribution in [3.63, 3.8) is 0 Å². The largest absolute Gasteiger partial charge is 0.491 e. The third kappa shape index (κ3) is 5.23. The Morgan fingerprint density at radius 2 is 1.68 bits per heavy atom. The molecule has 1 N–H and O–H groups in total. The molecule has 0 bridgehead atoms. The molecule has 0 saturated carbocycles. The molecule has 0 atom stereocenters. The lowest BCUT2D eigenvalue weighted by atomic mass is 9.87. The van der Waals surface area contributed by atoms with E-state index >= 15 is 0 Å². The van der Waals surface area contributed by atoms with Crippen LogP contribution in [-0.2, 0) is 10.2 Å². The van der Waals surface area contributed by atoms with Gasteiger partial charge in [0.2, 0.25) is 5.91 Å². The van der Waals surface area contributed by atoms with Gasteiger partial charge in [-0.15, -0.1) is 0 Å². The summed E-state index contributed by atoms with van der Waals surface area (Å²) in [5.74, 6) is 0.711. The zero-order valence-electron chi connectivity index (χ0n) is 16.7. The first kappa shape index (κ1) is 19.7. The van der Waals surface area contributed by atoms with Crippen molar-refractivity contribution >= 4 is 22.8 Å². The van der Waals surface area contributed by atoms with Gasteiger partial charge in [0.25, 0.3) is 0 Å². The first-order valence-electron chi connectivity index (χ1n) is 9.60. The van der Waals surface area contributed by atoms with Gasteiger partial charge in [0.05, 0.1) is 6.54 Å². The second-order valence-corrected chi connectivity index (χ2v) is 7.82. The smallest absolute Gasteiger partial charge is 0.244 e. The number of fused-ring (bicyclic) bond motifs is 1. The average Bonchev–Trinajstić information content (AvgIpc) is 2.69. The number of rotatable bonds is 6. The van der Waals surface area contributed by atoms with Crippen molar-refractivity contribution in [2.45, 2.75) is 26.2 Å². The molecule has 3 aromatic carbocycles. The molecule has 3 rings (SSSR count). The molecule has 0 fully saturated rings. The van der Waals surface area contributed by atoms with Gasteiger partial charge in [-0.3, -0.25) is 4.79 Å². The maximum atomic E-state index is 12.0. The van der Waals surface area contributed by atoms with Crippen molar-refractivity contribution in [2.75, 3.05) is 13.2 Å². The lowest BCUT2D eigenvalue weighted by molar-refractivity contribution is -0.116. The zero-order valence-corrected chi connectivity index (χ0v) is 16.7. The van der Waals surface area contributed by atoms with Gasteiger partial charge in [0.15, 0.2) is 0 Å². The molecule has 3 aromatic rings. The maximum Gasteiger partial charge on any atom is 0.244 e. The van der Waals surface area contributed by atoms with Crippen LogP contribution in [0.4, 0.5) is 0 Å². The summed E-state index contributed by atoms with van der Waals surface area (Å²) in [7, 11) is 0. The maximum absolute atomic E-state index is 12.0. The summed E-state index contributed by atoms with van der Waals surface area (Å²) < 4.78 is 5.84. The molecule has 0 saturated heterocycles. The van der Waals surface area contributed by atoms with Crippen molar-refractivity contribution < 1.29 is 9.53 Å². The number of ether oxygens (including phenoxy) is 1. The second-order valence-electron chi connectivity index (χ2n) is 7.82. The summed E-state index contributed by atoms with van der Waals surface area (Å²) in [6, 6.07) is 22.4. The fraction of sp³-hybridized carbons (Fsp3) is 0.240. The lowest BCUT2D eigenvalue weighted by Crippen LogP contribution is -2.26. The SMILES string of the molecule is CC(C)(C)c1ccc(/C=C/C(=O)NCCOc2cccc3ccccc23)cc1. The Labute approximate surface area is 167 Å². The summed E-state index contributed by atoms with van der Waals surface area (Å²) >= 11 is 0. The molecular formula is C25H27NO2. The van der Waals surface area contributed by atoms with E-state index in [1.54, 1.807) is 6.08 Å². The molecule has 0 spiro atoms. The standard InChI is InChI=1S/C25H27NO2/c1-25(2,3)21-14-11-19(12-15-21)13-16-24(27)26-17-18-28-23-10-6-8-20-7-4-5-9-22(20)23/h4-16H,17-18H2,1-3H3,(H,26,27)/b16-13+. The average molecular weight is 373 g/mol. The van der Waals surface area contributed by atoms with Crippen LogP contribution in [0.15, 0.2) is 72.8 Å². The van der Waals surface area contributed by atoms with Crippen molar-refractivity contribution in [3.8, 4) is 5.75 Å². The van der Waals surface area contributed by atoms with Gasteiger partial charge < -0.3 is 10.1 Å². The summed E-state index contributed by atoms with van der Waals surface area (Å²) in [5, 5.41) is 5.08. The minimum atomic E-state index is -0.124. The molecule has 3 heteroatoms. The third-order valence-electron chi connectivity index (χ3n) is 4.61. The van der Waals surface area contributed by atoms with Gasteiger partial charge in [0.1, 0.15) is 12.4 Å². The van der Waals surface area contributed by atoms with E-state index in [0.29, 0.717) is 13.2 Å². The Kier molecular flexibility index (Phi) is 6.15. The normalized spacial score (nSPS) is 11.7. The van der Waals surface area contributed by atoms with Gasteiger partial charge in [-0.25, -0.2) is 0 Å². The van der Waals surface area contributed by atoms with E-state index in [4.69, 9.17) is 4.74 Å². The van der Waals surface area contributed by atoms with E-state index in [9.17, 15) is 4.79 Å². The molecule has 144 valence electrons. The van der Waals surface area contributed by atoms with Crippen molar-refractivity contribution in [2.24, 2.45) is 0 Å². The molecule has 0 aromatic heterocycles. The minimum Gasteiger partial charge on any atom is -0.491 e. The summed E-state index contributed by atoms with van der Waals surface area (Å²) in [6.45, 7) is 7.44. The first-order chi connectivity index (χ1) is 13.4. The highest BCUT2D eigenvalue weighted by Crippen LogP contribution is 2.25. The molecule has 0 radical (unpaired) electrons. The van der Waals surface area contributed by atoms with E-state index in [1.165, 1.54) is 5.56 Å². The first-order valence-corrected chi connectivity index (χ1v) is 9.60. The number of hydrogen-bond donors (Lipinski definition) is 1. The fourth-order valence-corrected chi connectivity index (χ4v) is 2.98. The predicted octanol–water partition coefficient (Wildman–Crippen LogP) is 5.35. The van der Waals surface area contributed by atoms with Gasteiger partial charge in [-0.1, -0.05) is 81.4 Å². The van der Waals surface area contributed by atoms with E-state index < -0.39 is 0 Å². The predicted molar refractivity (Wildman–Crippen MR) is 117 cm³/mol. The Morgan fingerprint density at radius 1 is 0.964 bits per heavy atom. The van der Waals surface area contributed by atoms with Gasteiger partial charge in [-0.2, -0.15) is 0 Å². The summed E-state index contributed by atoms with van der Waals surface area (Å²) in [6.07, 6.45) is 3.39. The number of hydrogen-bond acceptors (Lipinski definition) is 2. The Balaban J connectivity index is 1.47. The van der Waals surface area contributed by atoms with E-state index in [2.05, 4.69) is 50.4 Å². The molecule has 0 aliphatic carbocycles. The van der Waals surface area contributed by atoms with Gasteiger partial charge >= 0.3 is 0 Å². The molecule has 0 aliphatic heterocycles. The highest BCUT2D eigenvalue weighted by molar-refractivity contribution is 5.91. The van der Waals surface area contributed by atoms with Crippen molar-refractivity contribution in [1.29, 1.82) is 0 Å². The molecular weight excluding hydrogens is 346 g/mol. The Bertz CT molecular complexity index is 961. The highest BCUT2D eigenvalue weighted by Gasteiger charge is 2.12. The van der Waals surface area contributed by atoms with E-state index in [0.717, 1.165) is 22.1 Å². The van der Waals surface area contributed by atoms with Crippen LogP contribution in [0.3, 0.4) is 0 Å². The van der Waals surface area contributed by atoms with Crippen LogP contribution in [0.1, 0.15) is 31.9 Å². The molecule has 28 heavy (non-hydrogen) atoms. The van der Waals surface area contributed by atoms with Crippen LogP contribution in [0.2, 0.25) is 0 Å². The van der Waals surface area contributed by atoms with Crippen LogP contribution in [-0.4, -0.2) is 19.1 Å². The Hall–Kier alpha value is -3.07. The molecule has 0 heterocycles. The number of amides is 1. The van der Waals surface area contributed by atoms with Crippen LogP contribution in [0.5, 0.6) is 5.75 Å². The van der Waals surface area contributed by atoms with Gasteiger partial charge in [0, 0.05) is 11.5 Å². The summed E-state index contributed by atoms with van der Waals surface area (Å²) in [4.78, 5) is 12.0. The van der Waals surface area contributed by atoms with E-state index in [1.807, 2.05) is 48.5 Å². The second kappa shape index (κ2) is 8.75. The van der Waals surface area contributed by atoms with Crippen LogP contribution in [0.25, 0.3) is 16.8 Å². The Morgan fingerprint density at radius 3 is 2.43 bits per heavy atom. The highest BCUT2D eigenvalue weighted by atomic mass is 16.5. The number of nitrogens with one attached hydrogen (secondary N) is 1. The quantitative estimate of drug-likeness (QED) is 0.467. The van der Waals surface area contributed by atoms with Crippen LogP contribution >= 0.6 is 0 Å². The number of carbonyl (C=O) groups is 1. The minimum absolute atomic E-state index is 0.124. The number of benzene rings is 3. The number of carbonyl (C=O) groups excluding carboxylic acids is 1. The van der Waals surface area contributed by atoms with Gasteiger partial charge in [-0.05, 0) is 34.1 Å². The van der Waals surface area contributed by atoms with Crippen LogP contribution in [0, 0.1) is 0 Å². The summed E-state index contributed by atoms with van der Waals surface area (Å²) in [5.41, 5.74) is 2.42. The topological polar surface area (TPSA) is 38.3 Å². The fourth-order valence-electron chi connectivity index (χ4n) is 2.98. The molecule has 0 aliphatic rings. The lowest BCUT2D eigenvalue weighted by Gasteiger charge is -2.18. The third-order valence-corrected chi connectivity index (χ3v) is 4.61.